The highest BCUT2D eigenvalue weighted by atomic mass is 32.2. The largest absolute Gasteiger partial charge is 0.445 e. The molecule has 0 saturated heterocycles. The molecule has 0 fully saturated rings. The van der Waals surface area contributed by atoms with Crippen LogP contribution in [0.2, 0.25) is 0 Å². The van der Waals surface area contributed by atoms with E-state index in [0.717, 1.165) is 88.8 Å². The van der Waals surface area contributed by atoms with Gasteiger partial charge in [-0.2, -0.15) is 0 Å². The molecule has 0 aromatic rings. The molecule has 314 valence electrons. The normalized spacial score (nSPS) is 11.6. The van der Waals surface area contributed by atoms with Crippen molar-refractivity contribution in [3.63, 3.8) is 0 Å². The number of carbonyl (C=O) groups excluding carboxylic acids is 3. The third kappa shape index (κ3) is 32.7. The average molecular weight is 769 g/mol. The SMILES string of the molecule is CCCCCCCCCC(CCCCCCCCC)OC(=O)N(C(=O)OC(CCCCCCCCC)CCCCCCCCC)C(=O)SCCN(C)C. The summed E-state index contributed by atoms with van der Waals surface area (Å²) in [7, 11) is 3.89. The molecular formula is C45H88N2O5S. The molecule has 8 heteroatoms. The van der Waals surface area contributed by atoms with Crippen molar-refractivity contribution < 1.29 is 23.9 Å². The second kappa shape index (κ2) is 39.0. The number of imide groups is 3. The highest BCUT2D eigenvalue weighted by Crippen LogP contribution is 2.23. The van der Waals surface area contributed by atoms with Crippen LogP contribution in [0.15, 0.2) is 0 Å². The summed E-state index contributed by atoms with van der Waals surface area (Å²) in [5.41, 5.74) is 0. The number of hydrogen-bond donors (Lipinski definition) is 0. The molecule has 0 bridgehead atoms. The van der Waals surface area contributed by atoms with Crippen molar-refractivity contribution >= 4 is 29.2 Å². The zero-order valence-corrected chi connectivity index (χ0v) is 36.9. The van der Waals surface area contributed by atoms with Gasteiger partial charge in [0.25, 0.3) is 0 Å². The second-order valence-corrected chi connectivity index (χ2v) is 17.0. The van der Waals surface area contributed by atoms with Crippen LogP contribution >= 0.6 is 11.8 Å². The lowest BCUT2D eigenvalue weighted by Gasteiger charge is -2.25. The van der Waals surface area contributed by atoms with E-state index in [-0.39, 0.29) is 12.2 Å². The first kappa shape index (κ1) is 51.7. The van der Waals surface area contributed by atoms with Gasteiger partial charge >= 0.3 is 17.4 Å². The minimum absolute atomic E-state index is 0.306. The molecule has 0 spiro atoms. The van der Waals surface area contributed by atoms with Gasteiger partial charge in [-0.1, -0.05) is 194 Å². The lowest BCUT2D eigenvalue weighted by Crippen LogP contribution is -2.43. The maximum Gasteiger partial charge on any atom is 0.427 e. The Labute approximate surface area is 333 Å². The molecule has 0 unspecified atom stereocenters. The maximum absolute atomic E-state index is 13.9. The number of amides is 3. The lowest BCUT2D eigenvalue weighted by molar-refractivity contribution is 0.0394. The Morgan fingerprint density at radius 1 is 0.434 bits per heavy atom. The summed E-state index contributed by atoms with van der Waals surface area (Å²) in [5.74, 6) is 0.474. The lowest BCUT2D eigenvalue weighted by atomic mass is 10.0. The topological polar surface area (TPSA) is 76.1 Å². The van der Waals surface area contributed by atoms with E-state index in [4.69, 9.17) is 9.47 Å². The summed E-state index contributed by atoms with van der Waals surface area (Å²) in [6.45, 7) is 9.61. The third-order valence-corrected chi connectivity index (χ3v) is 11.2. The Morgan fingerprint density at radius 3 is 0.962 bits per heavy atom. The number of hydrogen-bond acceptors (Lipinski definition) is 7. The van der Waals surface area contributed by atoms with Gasteiger partial charge in [0.1, 0.15) is 12.2 Å². The van der Waals surface area contributed by atoms with Crippen LogP contribution in [0.5, 0.6) is 0 Å². The van der Waals surface area contributed by atoms with Crippen LogP contribution in [0.1, 0.15) is 233 Å². The van der Waals surface area contributed by atoms with E-state index in [1.165, 1.54) is 128 Å². The second-order valence-electron chi connectivity index (χ2n) is 15.9. The molecule has 0 aliphatic heterocycles. The van der Waals surface area contributed by atoms with Gasteiger partial charge in [0.2, 0.25) is 0 Å². The monoisotopic (exact) mass is 769 g/mol. The Kier molecular flexibility index (Phi) is 38.0. The van der Waals surface area contributed by atoms with Crippen LogP contribution < -0.4 is 0 Å². The van der Waals surface area contributed by atoms with Crippen molar-refractivity contribution in [2.24, 2.45) is 0 Å². The van der Waals surface area contributed by atoms with E-state index in [0.29, 0.717) is 17.2 Å². The van der Waals surface area contributed by atoms with Crippen molar-refractivity contribution in [1.29, 1.82) is 0 Å². The number of unbranched alkanes of at least 4 members (excludes halogenated alkanes) is 24. The number of ether oxygens (including phenoxy) is 2. The maximum atomic E-state index is 13.9. The van der Waals surface area contributed by atoms with Gasteiger partial charge in [-0.3, -0.25) is 4.79 Å². The van der Waals surface area contributed by atoms with Crippen molar-refractivity contribution in [3.05, 3.63) is 0 Å². The molecule has 0 saturated carbocycles. The predicted molar refractivity (Wildman–Crippen MR) is 229 cm³/mol. The highest BCUT2D eigenvalue weighted by molar-refractivity contribution is 8.13. The minimum Gasteiger partial charge on any atom is -0.445 e. The Bertz CT molecular complexity index is 752. The van der Waals surface area contributed by atoms with Crippen LogP contribution in [-0.2, 0) is 9.47 Å². The fraction of sp³-hybridized carbons (Fsp3) is 0.933. The molecule has 0 aliphatic rings. The van der Waals surface area contributed by atoms with E-state index in [1.807, 2.05) is 19.0 Å². The van der Waals surface area contributed by atoms with Crippen LogP contribution in [0.4, 0.5) is 14.4 Å². The number of nitrogens with zero attached hydrogens (tertiary/aromatic N) is 2. The highest BCUT2D eigenvalue weighted by Gasteiger charge is 2.35. The standard InChI is InChI=1S/C45H88N2O5S/c1-7-11-15-19-23-27-31-35-41(36-32-28-24-20-16-12-8-2)51-43(48)47(45(50)53-40-39-46(5)6)44(49)52-42(37-33-29-25-21-17-13-9-3)38-34-30-26-22-18-14-10-4/h41-42H,7-40H2,1-6H3. The van der Waals surface area contributed by atoms with Gasteiger partial charge in [0.15, 0.2) is 0 Å². The van der Waals surface area contributed by atoms with Crippen LogP contribution in [0.3, 0.4) is 0 Å². The Hall–Kier alpha value is -1.28. The van der Waals surface area contributed by atoms with E-state index in [2.05, 4.69) is 27.7 Å². The quantitative estimate of drug-likeness (QED) is 0.0582. The summed E-state index contributed by atoms with van der Waals surface area (Å²) in [4.78, 5) is 44.0. The molecule has 7 nitrogen and oxygen atoms in total. The molecule has 0 rings (SSSR count). The molecule has 0 aromatic heterocycles. The zero-order chi connectivity index (χ0) is 39.2. The van der Waals surface area contributed by atoms with Crippen molar-refractivity contribution in [2.45, 2.75) is 245 Å². The fourth-order valence-corrected chi connectivity index (χ4v) is 7.74. The average Bonchev–Trinajstić information content (AvgIpc) is 3.12. The van der Waals surface area contributed by atoms with Gasteiger partial charge in [0, 0.05) is 12.3 Å². The van der Waals surface area contributed by atoms with Crippen molar-refractivity contribution in [2.75, 3.05) is 26.4 Å². The molecule has 0 N–H and O–H groups in total. The first-order valence-electron chi connectivity index (χ1n) is 22.8. The van der Waals surface area contributed by atoms with Crippen molar-refractivity contribution in [3.8, 4) is 0 Å². The zero-order valence-electron chi connectivity index (χ0n) is 36.0. The summed E-state index contributed by atoms with van der Waals surface area (Å²) < 4.78 is 12.2. The number of thioether (sulfide) groups is 1. The minimum atomic E-state index is -0.862. The van der Waals surface area contributed by atoms with Gasteiger partial charge < -0.3 is 14.4 Å². The Balaban J connectivity index is 5.69. The van der Waals surface area contributed by atoms with E-state index >= 15 is 0 Å². The van der Waals surface area contributed by atoms with Crippen LogP contribution in [0.25, 0.3) is 0 Å². The van der Waals surface area contributed by atoms with Crippen LogP contribution in [0, 0.1) is 0 Å². The summed E-state index contributed by atoms with van der Waals surface area (Å²) in [6.07, 6.45) is 34.0. The number of carbonyl (C=O) groups is 3. The first-order valence-corrected chi connectivity index (χ1v) is 23.8. The van der Waals surface area contributed by atoms with Gasteiger partial charge in [-0.25, -0.2) is 9.59 Å². The van der Waals surface area contributed by atoms with E-state index in [9.17, 15) is 14.4 Å². The van der Waals surface area contributed by atoms with E-state index in [1.54, 1.807) is 0 Å². The molecule has 0 radical (unpaired) electrons. The van der Waals surface area contributed by atoms with Crippen molar-refractivity contribution in [1.82, 2.24) is 9.80 Å². The fourth-order valence-electron chi connectivity index (χ4n) is 6.84. The van der Waals surface area contributed by atoms with Gasteiger partial charge in [-0.15, -0.1) is 4.90 Å². The molecular weight excluding hydrogens is 681 g/mol. The summed E-state index contributed by atoms with van der Waals surface area (Å²) in [6, 6.07) is 0. The third-order valence-electron chi connectivity index (χ3n) is 10.4. The molecule has 0 atom stereocenters. The molecule has 0 aliphatic carbocycles. The summed E-state index contributed by atoms with van der Waals surface area (Å²) >= 11 is 0.991. The van der Waals surface area contributed by atoms with Gasteiger partial charge in [0.05, 0.1) is 0 Å². The molecule has 3 amide bonds. The Morgan fingerprint density at radius 2 is 0.698 bits per heavy atom. The number of rotatable bonds is 37. The first-order chi connectivity index (χ1) is 25.8. The van der Waals surface area contributed by atoms with Gasteiger partial charge in [-0.05, 0) is 65.5 Å². The van der Waals surface area contributed by atoms with Crippen LogP contribution in [-0.4, -0.2) is 65.8 Å². The molecule has 0 heterocycles. The molecule has 53 heavy (non-hydrogen) atoms. The predicted octanol–water partition coefficient (Wildman–Crippen LogP) is 15.3. The van der Waals surface area contributed by atoms with E-state index < -0.39 is 17.4 Å². The smallest absolute Gasteiger partial charge is 0.427 e. The summed E-state index contributed by atoms with van der Waals surface area (Å²) in [5, 5.41) is -0.599. The molecule has 0 aromatic carbocycles.